The zero-order chi connectivity index (χ0) is 15.2. The standard InChI is InChI=1S/C17H25NO3/c1-13(18-12-4-3-5-16(18)17(19)20)6-7-14-8-10-15(21-2)11-9-14/h8-11,13,16H,3-7,12H2,1-2H3,(H,19,20). The van der Waals surface area contributed by atoms with Crippen LogP contribution in [0.4, 0.5) is 0 Å². The summed E-state index contributed by atoms with van der Waals surface area (Å²) in [5, 5.41) is 9.34. The number of hydrogen-bond acceptors (Lipinski definition) is 3. The summed E-state index contributed by atoms with van der Waals surface area (Å²) >= 11 is 0. The predicted molar refractivity (Wildman–Crippen MR) is 82.8 cm³/mol. The van der Waals surface area contributed by atoms with E-state index in [9.17, 15) is 9.90 Å². The third-order valence-corrected chi connectivity index (χ3v) is 4.41. The van der Waals surface area contributed by atoms with Crippen LogP contribution in [0.1, 0.15) is 38.2 Å². The van der Waals surface area contributed by atoms with Crippen molar-refractivity contribution in [3.63, 3.8) is 0 Å². The van der Waals surface area contributed by atoms with Gasteiger partial charge in [0, 0.05) is 6.04 Å². The number of carboxylic acid groups (broad SMARTS) is 1. The average molecular weight is 291 g/mol. The lowest BCUT2D eigenvalue weighted by Gasteiger charge is -2.37. The number of aryl methyl sites for hydroxylation is 1. The quantitative estimate of drug-likeness (QED) is 0.875. The summed E-state index contributed by atoms with van der Waals surface area (Å²) in [6.45, 7) is 3.05. The molecule has 1 saturated heterocycles. The van der Waals surface area contributed by atoms with Crippen molar-refractivity contribution in [1.29, 1.82) is 0 Å². The Morgan fingerprint density at radius 2 is 2.10 bits per heavy atom. The minimum Gasteiger partial charge on any atom is -0.497 e. The summed E-state index contributed by atoms with van der Waals surface area (Å²) in [7, 11) is 1.67. The Balaban J connectivity index is 1.90. The fourth-order valence-electron chi connectivity index (χ4n) is 3.08. The van der Waals surface area contributed by atoms with Crippen molar-refractivity contribution in [3.8, 4) is 5.75 Å². The van der Waals surface area contributed by atoms with Crippen LogP contribution >= 0.6 is 0 Å². The third kappa shape index (κ3) is 4.21. The first-order valence-electron chi connectivity index (χ1n) is 7.73. The summed E-state index contributed by atoms with van der Waals surface area (Å²) < 4.78 is 5.16. The van der Waals surface area contributed by atoms with Crippen LogP contribution in [0, 0.1) is 0 Å². The van der Waals surface area contributed by atoms with Gasteiger partial charge in [-0.05, 0) is 56.8 Å². The number of aliphatic carboxylic acids is 1. The van der Waals surface area contributed by atoms with Crippen molar-refractivity contribution in [2.45, 2.75) is 51.1 Å². The lowest BCUT2D eigenvalue weighted by Crippen LogP contribution is -2.49. The summed E-state index contributed by atoms with van der Waals surface area (Å²) in [4.78, 5) is 13.5. The predicted octanol–water partition coefficient (Wildman–Crippen LogP) is 2.96. The number of rotatable bonds is 6. The van der Waals surface area contributed by atoms with E-state index in [1.807, 2.05) is 12.1 Å². The third-order valence-electron chi connectivity index (χ3n) is 4.41. The Morgan fingerprint density at radius 3 is 2.71 bits per heavy atom. The Bertz CT molecular complexity index is 458. The van der Waals surface area contributed by atoms with E-state index >= 15 is 0 Å². The van der Waals surface area contributed by atoms with Crippen molar-refractivity contribution in [2.75, 3.05) is 13.7 Å². The zero-order valence-electron chi connectivity index (χ0n) is 12.9. The van der Waals surface area contributed by atoms with E-state index in [4.69, 9.17) is 4.74 Å². The molecular formula is C17H25NO3. The molecule has 1 N–H and O–H groups in total. The number of nitrogens with zero attached hydrogens (tertiary/aromatic N) is 1. The lowest BCUT2D eigenvalue weighted by atomic mass is 9.97. The van der Waals surface area contributed by atoms with Gasteiger partial charge in [-0.3, -0.25) is 9.69 Å². The highest BCUT2D eigenvalue weighted by Gasteiger charge is 2.31. The molecule has 2 rings (SSSR count). The molecule has 1 fully saturated rings. The second kappa shape index (κ2) is 7.46. The van der Waals surface area contributed by atoms with Gasteiger partial charge in [0.15, 0.2) is 0 Å². The molecule has 0 saturated carbocycles. The first-order valence-corrected chi connectivity index (χ1v) is 7.73. The number of carbonyl (C=O) groups is 1. The van der Waals surface area contributed by atoms with Crippen LogP contribution in [0.5, 0.6) is 5.75 Å². The fourth-order valence-corrected chi connectivity index (χ4v) is 3.08. The van der Waals surface area contributed by atoms with Crippen LogP contribution in [-0.2, 0) is 11.2 Å². The van der Waals surface area contributed by atoms with Gasteiger partial charge in [-0.25, -0.2) is 0 Å². The van der Waals surface area contributed by atoms with Crippen LogP contribution in [0.25, 0.3) is 0 Å². The van der Waals surface area contributed by atoms with Gasteiger partial charge in [-0.2, -0.15) is 0 Å². The van der Waals surface area contributed by atoms with E-state index < -0.39 is 5.97 Å². The molecule has 116 valence electrons. The number of benzene rings is 1. The van der Waals surface area contributed by atoms with E-state index in [2.05, 4.69) is 24.0 Å². The molecule has 0 aromatic heterocycles. The van der Waals surface area contributed by atoms with Crippen LogP contribution < -0.4 is 4.74 Å². The van der Waals surface area contributed by atoms with Gasteiger partial charge in [0.2, 0.25) is 0 Å². The number of carboxylic acids is 1. The minimum absolute atomic E-state index is 0.300. The van der Waals surface area contributed by atoms with Crippen molar-refractivity contribution in [3.05, 3.63) is 29.8 Å². The summed E-state index contributed by atoms with van der Waals surface area (Å²) in [6, 6.07) is 8.10. The molecule has 1 aromatic carbocycles. The second-order valence-electron chi connectivity index (χ2n) is 5.82. The lowest BCUT2D eigenvalue weighted by molar-refractivity contribution is -0.145. The fraction of sp³-hybridized carbons (Fsp3) is 0.588. The Kier molecular flexibility index (Phi) is 5.62. The molecule has 1 heterocycles. The van der Waals surface area contributed by atoms with Crippen LogP contribution in [0.15, 0.2) is 24.3 Å². The van der Waals surface area contributed by atoms with Gasteiger partial charge in [-0.15, -0.1) is 0 Å². The smallest absolute Gasteiger partial charge is 0.320 e. The maximum atomic E-state index is 11.4. The summed E-state index contributed by atoms with van der Waals surface area (Å²) in [6.07, 6.45) is 4.86. The molecule has 21 heavy (non-hydrogen) atoms. The topological polar surface area (TPSA) is 49.8 Å². The van der Waals surface area contributed by atoms with Crippen LogP contribution in [-0.4, -0.2) is 41.7 Å². The largest absolute Gasteiger partial charge is 0.497 e. The molecule has 0 radical (unpaired) electrons. The zero-order valence-corrected chi connectivity index (χ0v) is 12.9. The number of piperidine rings is 1. The van der Waals surface area contributed by atoms with Gasteiger partial charge in [0.05, 0.1) is 7.11 Å². The van der Waals surface area contributed by atoms with Gasteiger partial charge in [0.25, 0.3) is 0 Å². The molecule has 0 amide bonds. The summed E-state index contributed by atoms with van der Waals surface area (Å²) in [5.41, 5.74) is 1.27. The second-order valence-corrected chi connectivity index (χ2v) is 5.82. The highest BCUT2D eigenvalue weighted by Crippen LogP contribution is 2.22. The van der Waals surface area contributed by atoms with Gasteiger partial charge in [0.1, 0.15) is 11.8 Å². The number of hydrogen-bond donors (Lipinski definition) is 1. The van der Waals surface area contributed by atoms with Crippen molar-refractivity contribution in [1.82, 2.24) is 4.90 Å². The van der Waals surface area contributed by atoms with Crippen LogP contribution in [0.3, 0.4) is 0 Å². The SMILES string of the molecule is COc1ccc(CCC(C)N2CCCCC2C(=O)O)cc1. The van der Waals surface area contributed by atoms with Crippen molar-refractivity contribution < 1.29 is 14.6 Å². The molecular weight excluding hydrogens is 266 g/mol. The maximum Gasteiger partial charge on any atom is 0.320 e. The van der Waals surface area contributed by atoms with E-state index in [1.165, 1.54) is 5.56 Å². The molecule has 2 atom stereocenters. The Labute approximate surface area is 126 Å². The first-order chi connectivity index (χ1) is 10.1. The average Bonchev–Trinajstić information content (AvgIpc) is 2.53. The molecule has 2 unspecified atom stereocenters. The molecule has 0 aliphatic carbocycles. The highest BCUT2D eigenvalue weighted by atomic mass is 16.5. The molecule has 4 heteroatoms. The molecule has 0 spiro atoms. The van der Waals surface area contributed by atoms with Crippen molar-refractivity contribution in [2.24, 2.45) is 0 Å². The molecule has 4 nitrogen and oxygen atoms in total. The van der Waals surface area contributed by atoms with Gasteiger partial charge >= 0.3 is 5.97 Å². The van der Waals surface area contributed by atoms with E-state index in [1.54, 1.807) is 7.11 Å². The monoisotopic (exact) mass is 291 g/mol. The van der Waals surface area contributed by atoms with E-state index in [0.717, 1.165) is 44.4 Å². The van der Waals surface area contributed by atoms with Gasteiger partial charge in [-0.1, -0.05) is 18.6 Å². The number of ether oxygens (including phenoxy) is 1. The molecule has 1 aliphatic heterocycles. The van der Waals surface area contributed by atoms with E-state index in [0.29, 0.717) is 6.04 Å². The molecule has 1 aliphatic rings. The maximum absolute atomic E-state index is 11.4. The number of likely N-dealkylation sites (tertiary alicyclic amines) is 1. The molecule has 1 aromatic rings. The van der Waals surface area contributed by atoms with Crippen LogP contribution in [0.2, 0.25) is 0 Å². The normalized spacial score (nSPS) is 21.0. The van der Waals surface area contributed by atoms with Crippen molar-refractivity contribution >= 4 is 5.97 Å². The Hall–Kier alpha value is -1.55. The number of methoxy groups -OCH3 is 1. The summed E-state index contributed by atoms with van der Waals surface area (Å²) in [5.74, 6) is 0.194. The first kappa shape index (κ1) is 15.8. The van der Waals surface area contributed by atoms with E-state index in [-0.39, 0.29) is 6.04 Å². The molecule has 0 bridgehead atoms. The Morgan fingerprint density at radius 1 is 1.38 bits per heavy atom. The minimum atomic E-state index is -0.675. The highest BCUT2D eigenvalue weighted by molar-refractivity contribution is 5.73. The van der Waals surface area contributed by atoms with Gasteiger partial charge < -0.3 is 9.84 Å².